The molecule has 1 aromatic carbocycles. The summed E-state index contributed by atoms with van der Waals surface area (Å²) < 4.78 is 24.4. The second-order valence-electron chi connectivity index (χ2n) is 4.17. The molecule has 0 radical (unpaired) electrons. The molecule has 0 bridgehead atoms. The number of rotatable bonds is 3. The minimum atomic E-state index is -0.368. The van der Waals surface area contributed by atoms with Crippen molar-refractivity contribution in [2.45, 2.75) is 6.10 Å². The van der Waals surface area contributed by atoms with Crippen LogP contribution in [0, 0.1) is 17.1 Å². The highest BCUT2D eigenvalue weighted by Crippen LogP contribution is 2.22. The van der Waals surface area contributed by atoms with Crippen LogP contribution >= 0.6 is 0 Å². The Morgan fingerprint density at radius 1 is 1.61 bits per heavy atom. The summed E-state index contributed by atoms with van der Waals surface area (Å²) >= 11 is 0. The van der Waals surface area contributed by atoms with Crippen LogP contribution in [0.2, 0.25) is 0 Å². The van der Waals surface area contributed by atoms with Crippen LogP contribution in [0.4, 0.5) is 10.1 Å². The van der Waals surface area contributed by atoms with Gasteiger partial charge < -0.3 is 14.4 Å². The van der Waals surface area contributed by atoms with Crippen LogP contribution in [0.25, 0.3) is 0 Å². The Balaban J connectivity index is 2.13. The molecule has 0 aliphatic carbocycles. The molecule has 2 rings (SSSR count). The van der Waals surface area contributed by atoms with Gasteiger partial charge in [-0.25, -0.2) is 4.39 Å². The predicted molar refractivity (Wildman–Crippen MR) is 64.9 cm³/mol. The maximum absolute atomic E-state index is 13.9. The maximum atomic E-state index is 13.9. The van der Waals surface area contributed by atoms with E-state index in [4.69, 9.17) is 14.7 Å². The second-order valence-corrected chi connectivity index (χ2v) is 4.17. The van der Waals surface area contributed by atoms with Gasteiger partial charge in [-0.05, 0) is 18.2 Å². The first-order chi connectivity index (χ1) is 8.74. The van der Waals surface area contributed by atoms with Crippen molar-refractivity contribution in [1.29, 1.82) is 5.26 Å². The molecule has 1 aromatic rings. The van der Waals surface area contributed by atoms with Crippen molar-refractivity contribution < 1.29 is 13.9 Å². The fraction of sp³-hybridized carbons (Fsp3) is 0.462. The Kier molecular flexibility index (Phi) is 4.13. The Hall–Kier alpha value is -1.64. The lowest BCUT2D eigenvalue weighted by atomic mass is 10.1. The van der Waals surface area contributed by atoms with Gasteiger partial charge in [0.25, 0.3) is 0 Å². The fourth-order valence-electron chi connectivity index (χ4n) is 2.06. The van der Waals surface area contributed by atoms with Crippen molar-refractivity contribution >= 4 is 5.69 Å². The van der Waals surface area contributed by atoms with E-state index in [-0.39, 0.29) is 11.9 Å². The van der Waals surface area contributed by atoms with E-state index in [9.17, 15) is 4.39 Å². The quantitative estimate of drug-likeness (QED) is 0.816. The molecule has 1 fully saturated rings. The highest BCUT2D eigenvalue weighted by Gasteiger charge is 2.22. The molecule has 1 aliphatic heterocycles. The highest BCUT2D eigenvalue weighted by molar-refractivity contribution is 5.51. The third kappa shape index (κ3) is 2.78. The number of anilines is 1. The number of ether oxygens (including phenoxy) is 2. The topological polar surface area (TPSA) is 45.5 Å². The van der Waals surface area contributed by atoms with E-state index < -0.39 is 0 Å². The van der Waals surface area contributed by atoms with E-state index in [0.717, 1.165) is 0 Å². The van der Waals surface area contributed by atoms with Crippen LogP contribution in [0.3, 0.4) is 0 Å². The van der Waals surface area contributed by atoms with Gasteiger partial charge in [-0.1, -0.05) is 0 Å². The van der Waals surface area contributed by atoms with Gasteiger partial charge in [-0.3, -0.25) is 0 Å². The average Bonchev–Trinajstić information content (AvgIpc) is 2.39. The summed E-state index contributed by atoms with van der Waals surface area (Å²) in [5.41, 5.74) is 0.844. The summed E-state index contributed by atoms with van der Waals surface area (Å²) in [5, 5.41) is 8.71. The van der Waals surface area contributed by atoms with Gasteiger partial charge in [-0.15, -0.1) is 0 Å². The number of halogens is 1. The standard InChI is InChI=1S/C13H15FN2O2/c1-17-9-11-8-16(4-5-18-11)13-3-2-10(7-15)6-12(13)14/h2-3,6,11H,4-5,8-9H2,1H3/t11-/m0/s1. The summed E-state index contributed by atoms with van der Waals surface area (Å²) in [5.74, 6) is -0.368. The molecule has 1 saturated heterocycles. The minimum Gasteiger partial charge on any atom is -0.382 e. The zero-order valence-electron chi connectivity index (χ0n) is 10.2. The van der Waals surface area contributed by atoms with Gasteiger partial charge in [0.1, 0.15) is 5.82 Å². The lowest BCUT2D eigenvalue weighted by Gasteiger charge is -2.34. The van der Waals surface area contributed by atoms with Crippen molar-refractivity contribution in [2.75, 3.05) is 38.3 Å². The monoisotopic (exact) mass is 250 g/mol. The molecule has 0 aromatic heterocycles. The number of nitrogens with zero attached hydrogens (tertiary/aromatic N) is 2. The zero-order chi connectivity index (χ0) is 13.0. The van der Waals surface area contributed by atoms with Crippen LogP contribution in [0.1, 0.15) is 5.56 Å². The lowest BCUT2D eigenvalue weighted by molar-refractivity contribution is -0.0102. The molecule has 4 nitrogen and oxygen atoms in total. The summed E-state index contributed by atoms with van der Waals surface area (Å²) in [6, 6.07) is 6.45. The van der Waals surface area contributed by atoms with Crippen LogP contribution in [-0.2, 0) is 9.47 Å². The fourth-order valence-corrected chi connectivity index (χ4v) is 2.06. The highest BCUT2D eigenvalue weighted by atomic mass is 19.1. The first-order valence-electron chi connectivity index (χ1n) is 5.79. The third-order valence-corrected chi connectivity index (χ3v) is 2.91. The van der Waals surface area contributed by atoms with Crippen molar-refractivity contribution in [3.63, 3.8) is 0 Å². The third-order valence-electron chi connectivity index (χ3n) is 2.91. The normalized spacial score (nSPS) is 19.6. The largest absolute Gasteiger partial charge is 0.382 e. The predicted octanol–water partition coefficient (Wildman–Crippen LogP) is 1.55. The smallest absolute Gasteiger partial charge is 0.147 e. The molecule has 5 heteroatoms. The van der Waals surface area contributed by atoms with E-state index in [1.54, 1.807) is 19.2 Å². The summed E-state index contributed by atoms with van der Waals surface area (Å²) in [7, 11) is 1.62. The van der Waals surface area contributed by atoms with Crippen LogP contribution in [-0.4, -0.2) is 39.5 Å². The Morgan fingerprint density at radius 3 is 3.11 bits per heavy atom. The summed E-state index contributed by atoms with van der Waals surface area (Å²) in [4.78, 5) is 1.92. The zero-order valence-corrected chi connectivity index (χ0v) is 10.2. The molecule has 0 spiro atoms. The number of hydrogen-bond acceptors (Lipinski definition) is 4. The Morgan fingerprint density at radius 2 is 2.44 bits per heavy atom. The molecule has 18 heavy (non-hydrogen) atoms. The van der Waals surface area contributed by atoms with Crippen molar-refractivity contribution in [2.24, 2.45) is 0 Å². The van der Waals surface area contributed by atoms with Crippen molar-refractivity contribution in [3.05, 3.63) is 29.6 Å². The van der Waals surface area contributed by atoms with Crippen LogP contribution in [0.5, 0.6) is 0 Å². The van der Waals surface area contributed by atoms with Crippen LogP contribution in [0.15, 0.2) is 18.2 Å². The summed E-state index contributed by atoms with van der Waals surface area (Å²) in [6.45, 7) is 2.28. The number of methoxy groups -OCH3 is 1. The minimum absolute atomic E-state index is 0.0428. The van der Waals surface area contributed by atoms with Gasteiger partial charge in [0.15, 0.2) is 0 Å². The van der Waals surface area contributed by atoms with Crippen molar-refractivity contribution in [3.8, 4) is 6.07 Å². The lowest BCUT2D eigenvalue weighted by Crippen LogP contribution is -2.44. The Bertz CT molecular complexity index is 457. The molecule has 1 heterocycles. The molecular weight excluding hydrogens is 235 g/mol. The number of nitriles is 1. The molecule has 1 aliphatic rings. The molecular formula is C13H15FN2O2. The molecule has 0 amide bonds. The number of morpholine rings is 1. The number of benzene rings is 1. The van der Waals surface area contributed by atoms with Gasteiger partial charge in [0.2, 0.25) is 0 Å². The number of hydrogen-bond donors (Lipinski definition) is 0. The van der Waals surface area contributed by atoms with E-state index in [2.05, 4.69) is 0 Å². The molecule has 0 N–H and O–H groups in total. The van der Waals surface area contributed by atoms with Crippen molar-refractivity contribution in [1.82, 2.24) is 0 Å². The van der Waals surface area contributed by atoms with E-state index in [1.165, 1.54) is 6.07 Å². The molecule has 0 unspecified atom stereocenters. The Labute approximate surface area is 106 Å². The first-order valence-corrected chi connectivity index (χ1v) is 5.79. The SMILES string of the molecule is COC[C@@H]1CN(c2ccc(C#N)cc2F)CCO1. The van der Waals surface area contributed by atoms with Gasteiger partial charge in [-0.2, -0.15) is 5.26 Å². The van der Waals surface area contributed by atoms with Crippen LogP contribution < -0.4 is 4.90 Å². The van der Waals surface area contributed by atoms with Gasteiger partial charge >= 0.3 is 0 Å². The first kappa shape index (κ1) is 12.8. The van der Waals surface area contributed by atoms with E-state index in [0.29, 0.717) is 37.6 Å². The molecule has 1 atom stereocenters. The average molecular weight is 250 g/mol. The van der Waals surface area contributed by atoms with E-state index in [1.807, 2.05) is 11.0 Å². The van der Waals surface area contributed by atoms with Gasteiger partial charge in [0.05, 0.1) is 36.6 Å². The van der Waals surface area contributed by atoms with Gasteiger partial charge in [0, 0.05) is 20.2 Å². The molecule has 96 valence electrons. The molecule has 0 saturated carbocycles. The second kappa shape index (κ2) is 5.80. The maximum Gasteiger partial charge on any atom is 0.147 e. The van der Waals surface area contributed by atoms with E-state index >= 15 is 0 Å². The summed E-state index contributed by atoms with van der Waals surface area (Å²) in [6.07, 6.45) is -0.0428.